The summed E-state index contributed by atoms with van der Waals surface area (Å²) in [5.74, 6) is 0. The van der Waals surface area contributed by atoms with Gasteiger partial charge in [0.15, 0.2) is 5.67 Å². The molecule has 2 rings (SSSR count). The van der Waals surface area contributed by atoms with Crippen molar-refractivity contribution in [1.29, 1.82) is 0 Å². The zero-order valence-corrected chi connectivity index (χ0v) is 10.3. The molecule has 6 heteroatoms. The van der Waals surface area contributed by atoms with Gasteiger partial charge in [-0.25, -0.2) is 4.39 Å². The Morgan fingerprint density at radius 1 is 1.62 bits per heavy atom. The lowest BCUT2D eigenvalue weighted by atomic mass is 9.95. The van der Waals surface area contributed by atoms with E-state index in [2.05, 4.69) is 10.4 Å². The van der Waals surface area contributed by atoms with Gasteiger partial charge in [0.05, 0.1) is 23.5 Å². The fourth-order valence-electron chi connectivity index (χ4n) is 1.78. The van der Waals surface area contributed by atoms with Gasteiger partial charge in [-0.15, -0.1) is 0 Å². The number of likely N-dealkylation sites (N-methyl/N-ethyl adjacent to an activating group) is 1. The molecule has 1 fully saturated rings. The second kappa shape index (κ2) is 4.31. The lowest BCUT2D eigenvalue weighted by molar-refractivity contribution is 0.0775. The Hall–Kier alpha value is -0.650. The monoisotopic (exact) mass is 246 g/mol. The van der Waals surface area contributed by atoms with E-state index >= 15 is 0 Å². The third-order valence-electron chi connectivity index (χ3n) is 2.79. The van der Waals surface area contributed by atoms with E-state index in [1.165, 1.54) is 6.20 Å². The fraction of sp³-hybridized carbons (Fsp3) is 0.700. The van der Waals surface area contributed by atoms with Crippen LogP contribution in [-0.2, 0) is 12.2 Å². The number of hydrogen-bond acceptors (Lipinski definition) is 3. The summed E-state index contributed by atoms with van der Waals surface area (Å²) in [6.07, 6.45) is 1.52. The molecular formula is C10H16ClFN4. The third-order valence-corrected chi connectivity index (χ3v) is 3.07. The van der Waals surface area contributed by atoms with Gasteiger partial charge in [0.1, 0.15) is 0 Å². The summed E-state index contributed by atoms with van der Waals surface area (Å²) in [5, 5.41) is 7.47. The first-order chi connectivity index (χ1) is 7.53. The largest absolute Gasteiger partial charge is 0.309 e. The molecule has 90 valence electrons. The molecule has 1 aromatic rings. The van der Waals surface area contributed by atoms with Gasteiger partial charge in [0.25, 0.3) is 0 Å². The highest BCUT2D eigenvalue weighted by Crippen LogP contribution is 2.34. The number of rotatable bonds is 4. The maximum atomic E-state index is 14.3. The first kappa shape index (κ1) is 11.8. The highest BCUT2D eigenvalue weighted by atomic mass is 35.5. The average molecular weight is 247 g/mol. The Balaban J connectivity index is 2.19. The minimum absolute atomic E-state index is 0.320. The van der Waals surface area contributed by atoms with Crippen LogP contribution in [-0.4, -0.2) is 48.4 Å². The number of hydrogen-bond donors (Lipinski definition) is 1. The van der Waals surface area contributed by atoms with Crippen LogP contribution in [0.3, 0.4) is 0 Å². The molecule has 0 unspecified atom stereocenters. The molecule has 0 amide bonds. The highest BCUT2D eigenvalue weighted by Gasteiger charge is 2.43. The van der Waals surface area contributed by atoms with E-state index in [1.807, 2.05) is 19.0 Å². The summed E-state index contributed by atoms with van der Waals surface area (Å²) >= 11 is 5.99. The molecular weight excluding hydrogens is 231 g/mol. The van der Waals surface area contributed by atoms with E-state index in [-0.39, 0.29) is 0 Å². The van der Waals surface area contributed by atoms with Gasteiger partial charge < -0.3 is 10.2 Å². The van der Waals surface area contributed by atoms with Gasteiger partial charge in [0.2, 0.25) is 0 Å². The van der Waals surface area contributed by atoms with Crippen molar-refractivity contribution in [3.8, 4) is 0 Å². The predicted molar refractivity (Wildman–Crippen MR) is 61.4 cm³/mol. The van der Waals surface area contributed by atoms with Crippen molar-refractivity contribution in [2.24, 2.45) is 0 Å². The van der Waals surface area contributed by atoms with Crippen LogP contribution in [0, 0.1) is 0 Å². The topological polar surface area (TPSA) is 33.1 Å². The molecule has 1 aliphatic rings. The zero-order chi connectivity index (χ0) is 11.8. The number of alkyl halides is 1. The Morgan fingerprint density at radius 3 is 2.81 bits per heavy atom. The summed E-state index contributed by atoms with van der Waals surface area (Å²) in [6.45, 7) is 2.11. The van der Waals surface area contributed by atoms with Gasteiger partial charge in [-0.3, -0.25) is 4.68 Å². The maximum absolute atomic E-state index is 14.3. The molecule has 1 N–H and O–H groups in total. The van der Waals surface area contributed by atoms with Gasteiger partial charge >= 0.3 is 0 Å². The van der Waals surface area contributed by atoms with Gasteiger partial charge in [-0.05, 0) is 14.1 Å². The van der Waals surface area contributed by atoms with Crippen LogP contribution < -0.4 is 5.32 Å². The second-order valence-corrected chi connectivity index (χ2v) is 4.84. The van der Waals surface area contributed by atoms with Crippen molar-refractivity contribution in [2.75, 3.05) is 33.7 Å². The van der Waals surface area contributed by atoms with Crippen LogP contribution in [0.25, 0.3) is 0 Å². The molecule has 0 aromatic carbocycles. The lowest BCUT2D eigenvalue weighted by Gasteiger charge is -2.35. The summed E-state index contributed by atoms with van der Waals surface area (Å²) in [6, 6.07) is 0. The number of nitrogens with zero attached hydrogens (tertiary/aromatic N) is 3. The Bertz CT molecular complexity index is 373. The van der Waals surface area contributed by atoms with Crippen molar-refractivity contribution in [3.63, 3.8) is 0 Å². The quantitative estimate of drug-likeness (QED) is 0.856. The van der Waals surface area contributed by atoms with Crippen LogP contribution in [0.2, 0.25) is 5.02 Å². The van der Waals surface area contributed by atoms with Crippen molar-refractivity contribution >= 4 is 11.6 Å². The minimum Gasteiger partial charge on any atom is -0.309 e. The Kier molecular flexibility index (Phi) is 3.19. The predicted octanol–water partition coefficient (Wildman–Crippen LogP) is 0.866. The normalized spacial score (nSPS) is 18.8. The average Bonchev–Trinajstić information content (AvgIpc) is 2.53. The van der Waals surface area contributed by atoms with E-state index in [1.54, 1.807) is 4.68 Å². The minimum atomic E-state index is -1.35. The van der Waals surface area contributed by atoms with E-state index < -0.39 is 5.67 Å². The first-order valence-electron chi connectivity index (χ1n) is 5.29. The van der Waals surface area contributed by atoms with Crippen LogP contribution in [0.1, 0.15) is 5.69 Å². The number of nitrogens with one attached hydrogen (secondary N) is 1. The molecule has 0 radical (unpaired) electrons. The van der Waals surface area contributed by atoms with Crippen LogP contribution in [0.15, 0.2) is 6.20 Å². The summed E-state index contributed by atoms with van der Waals surface area (Å²) in [7, 11) is 3.95. The molecule has 0 saturated carbocycles. The molecule has 1 saturated heterocycles. The van der Waals surface area contributed by atoms with Crippen LogP contribution >= 0.6 is 11.6 Å². The molecule has 0 spiro atoms. The van der Waals surface area contributed by atoms with Crippen molar-refractivity contribution < 1.29 is 4.39 Å². The Labute approximate surface area is 99.4 Å². The summed E-state index contributed by atoms with van der Waals surface area (Å²) in [4.78, 5) is 2.03. The molecule has 0 bridgehead atoms. The number of halogens is 2. The van der Waals surface area contributed by atoms with E-state index in [0.717, 1.165) is 6.54 Å². The summed E-state index contributed by atoms with van der Waals surface area (Å²) < 4.78 is 16.0. The van der Waals surface area contributed by atoms with Gasteiger partial charge in [-0.2, -0.15) is 5.10 Å². The Morgan fingerprint density at radius 2 is 2.31 bits per heavy atom. The fourth-order valence-corrected chi connectivity index (χ4v) is 2.09. The smallest absolute Gasteiger partial charge is 0.178 e. The molecule has 4 nitrogen and oxygen atoms in total. The zero-order valence-electron chi connectivity index (χ0n) is 9.50. The first-order valence-corrected chi connectivity index (χ1v) is 5.67. The van der Waals surface area contributed by atoms with E-state index in [9.17, 15) is 4.39 Å². The van der Waals surface area contributed by atoms with E-state index in [4.69, 9.17) is 11.6 Å². The van der Waals surface area contributed by atoms with Crippen molar-refractivity contribution in [2.45, 2.75) is 12.2 Å². The lowest BCUT2D eigenvalue weighted by Crippen LogP contribution is -2.55. The third kappa shape index (κ3) is 2.07. The van der Waals surface area contributed by atoms with E-state index in [0.29, 0.717) is 30.4 Å². The molecule has 1 aromatic heterocycles. The molecule has 0 atom stereocenters. The molecule has 2 heterocycles. The second-order valence-electron chi connectivity index (χ2n) is 4.44. The van der Waals surface area contributed by atoms with Crippen molar-refractivity contribution in [1.82, 2.24) is 20.0 Å². The van der Waals surface area contributed by atoms with Gasteiger partial charge in [-0.1, -0.05) is 11.6 Å². The standard InChI is InChI=1S/C10H16ClFN4/c1-15(2)3-4-16-9(8(11)5-14-16)10(12)6-13-7-10/h5,13H,3-4,6-7H2,1-2H3. The molecule has 16 heavy (non-hydrogen) atoms. The maximum Gasteiger partial charge on any atom is 0.178 e. The molecule has 0 aliphatic carbocycles. The molecule has 1 aliphatic heterocycles. The summed E-state index contributed by atoms with van der Waals surface area (Å²) in [5.41, 5.74) is -0.838. The SMILES string of the molecule is CN(C)CCn1ncc(Cl)c1C1(F)CNC1. The van der Waals surface area contributed by atoms with Gasteiger partial charge in [0, 0.05) is 19.6 Å². The highest BCUT2D eigenvalue weighted by molar-refractivity contribution is 6.31. The number of aromatic nitrogens is 2. The van der Waals surface area contributed by atoms with Crippen molar-refractivity contribution in [3.05, 3.63) is 16.9 Å². The van der Waals surface area contributed by atoms with Crippen LogP contribution in [0.4, 0.5) is 4.39 Å². The van der Waals surface area contributed by atoms with Crippen LogP contribution in [0.5, 0.6) is 0 Å².